The van der Waals surface area contributed by atoms with Crippen LogP contribution in [0.2, 0.25) is 0 Å². The van der Waals surface area contributed by atoms with Crippen LogP contribution in [0.15, 0.2) is 59.5 Å². The number of benzene rings is 2. The zero-order valence-corrected chi connectivity index (χ0v) is 10.4. The molecule has 1 aromatic heterocycles. The Bertz CT molecular complexity index is 820. The second-order valence-corrected chi connectivity index (χ2v) is 4.48. The summed E-state index contributed by atoms with van der Waals surface area (Å²) >= 11 is 0. The van der Waals surface area contributed by atoms with Crippen molar-refractivity contribution < 1.29 is 4.39 Å². The van der Waals surface area contributed by atoms with E-state index in [-0.39, 0.29) is 11.4 Å². The highest BCUT2D eigenvalue weighted by molar-refractivity contribution is 5.95. The largest absolute Gasteiger partial charge is 0.317 e. The Morgan fingerprint density at radius 3 is 2.26 bits per heavy atom. The number of aryl methyl sites for hydroxylation is 1. The lowest BCUT2D eigenvalue weighted by molar-refractivity contribution is 0.631. The summed E-state index contributed by atoms with van der Waals surface area (Å²) in [6, 6.07) is 13.9. The van der Waals surface area contributed by atoms with Gasteiger partial charge >= 0.3 is 0 Å². The van der Waals surface area contributed by atoms with E-state index < -0.39 is 0 Å². The fourth-order valence-electron chi connectivity index (χ4n) is 2.31. The van der Waals surface area contributed by atoms with Crippen LogP contribution < -0.4 is 5.56 Å². The molecule has 0 spiro atoms. The Morgan fingerprint density at radius 2 is 1.53 bits per heavy atom. The first kappa shape index (κ1) is 11.7. The van der Waals surface area contributed by atoms with Crippen LogP contribution in [0.25, 0.3) is 21.9 Å². The average molecular weight is 253 g/mol. The van der Waals surface area contributed by atoms with E-state index in [1.807, 2.05) is 18.2 Å². The van der Waals surface area contributed by atoms with E-state index in [1.165, 1.54) is 10.6 Å². The molecule has 0 saturated heterocycles. The minimum Gasteiger partial charge on any atom is -0.317 e. The summed E-state index contributed by atoms with van der Waals surface area (Å²) < 4.78 is 15.4. The lowest BCUT2D eigenvalue weighted by atomic mass is 10.0. The molecule has 3 aromatic rings. The third-order valence-electron chi connectivity index (χ3n) is 3.25. The summed E-state index contributed by atoms with van der Waals surface area (Å²) in [6.45, 7) is 0. The zero-order valence-electron chi connectivity index (χ0n) is 10.4. The summed E-state index contributed by atoms with van der Waals surface area (Å²) in [5, 5.41) is 1.38. The number of nitrogens with zero attached hydrogens (tertiary/aromatic N) is 1. The molecule has 0 unspecified atom stereocenters. The number of aromatic nitrogens is 1. The van der Waals surface area contributed by atoms with Gasteiger partial charge in [-0.1, -0.05) is 36.4 Å². The van der Waals surface area contributed by atoms with Crippen molar-refractivity contribution >= 4 is 10.8 Å². The molecule has 0 amide bonds. The Kier molecular flexibility index (Phi) is 2.67. The van der Waals surface area contributed by atoms with Crippen molar-refractivity contribution in [1.29, 1.82) is 0 Å². The standard InChI is InChI=1S/C16H12FNO/c1-18-10-14(12-7-4-5-9-15(12)17)11-6-2-3-8-13(11)16(18)19/h2-10H,1H3. The lowest BCUT2D eigenvalue weighted by Gasteiger charge is -2.10. The zero-order chi connectivity index (χ0) is 13.4. The molecular formula is C16H12FNO. The predicted octanol–water partition coefficient (Wildman–Crippen LogP) is 3.34. The van der Waals surface area contributed by atoms with Crippen molar-refractivity contribution in [3.8, 4) is 11.1 Å². The third kappa shape index (κ3) is 1.83. The molecule has 94 valence electrons. The van der Waals surface area contributed by atoms with Crippen molar-refractivity contribution in [1.82, 2.24) is 4.57 Å². The normalized spacial score (nSPS) is 10.8. The molecule has 19 heavy (non-hydrogen) atoms. The van der Waals surface area contributed by atoms with Crippen LogP contribution in [0.4, 0.5) is 4.39 Å². The Balaban J connectivity index is 2.46. The maximum atomic E-state index is 13.9. The average Bonchev–Trinajstić information content (AvgIpc) is 2.44. The first-order valence-corrected chi connectivity index (χ1v) is 6.02. The van der Waals surface area contributed by atoms with Gasteiger partial charge in [0.1, 0.15) is 5.82 Å². The predicted molar refractivity (Wildman–Crippen MR) is 74.6 cm³/mol. The number of fused-ring (bicyclic) bond motifs is 1. The SMILES string of the molecule is Cn1cc(-c2ccccc2F)c2ccccc2c1=O. The van der Waals surface area contributed by atoms with Crippen LogP contribution in [-0.2, 0) is 7.05 Å². The number of hydrogen-bond donors (Lipinski definition) is 0. The summed E-state index contributed by atoms with van der Waals surface area (Å²) in [5.41, 5.74) is 1.17. The molecule has 0 atom stereocenters. The van der Waals surface area contributed by atoms with Gasteiger partial charge in [0.2, 0.25) is 0 Å². The fourth-order valence-corrected chi connectivity index (χ4v) is 2.31. The highest BCUT2D eigenvalue weighted by Gasteiger charge is 2.11. The summed E-state index contributed by atoms with van der Waals surface area (Å²) in [5.74, 6) is -0.286. The van der Waals surface area contributed by atoms with Crippen LogP contribution in [0.3, 0.4) is 0 Å². The minimum atomic E-state index is -0.286. The lowest BCUT2D eigenvalue weighted by Crippen LogP contribution is -2.16. The van der Waals surface area contributed by atoms with E-state index in [0.717, 1.165) is 10.9 Å². The first-order chi connectivity index (χ1) is 9.18. The van der Waals surface area contributed by atoms with E-state index in [2.05, 4.69) is 0 Å². The molecule has 0 fully saturated rings. The van der Waals surface area contributed by atoms with Crippen LogP contribution >= 0.6 is 0 Å². The molecule has 0 N–H and O–H groups in total. The van der Waals surface area contributed by atoms with E-state index >= 15 is 0 Å². The molecule has 0 aliphatic carbocycles. The molecule has 3 rings (SSSR count). The molecular weight excluding hydrogens is 241 g/mol. The van der Waals surface area contributed by atoms with Gasteiger partial charge in [0.15, 0.2) is 0 Å². The molecule has 3 heteroatoms. The number of pyridine rings is 1. The third-order valence-corrected chi connectivity index (χ3v) is 3.25. The van der Waals surface area contributed by atoms with Gasteiger partial charge in [0, 0.05) is 29.8 Å². The highest BCUT2D eigenvalue weighted by atomic mass is 19.1. The van der Waals surface area contributed by atoms with E-state index in [4.69, 9.17) is 0 Å². The number of halogens is 1. The molecule has 1 heterocycles. The van der Waals surface area contributed by atoms with Crippen LogP contribution in [0, 0.1) is 5.82 Å². The van der Waals surface area contributed by atoms with Gasteiger partial charge in [-0.25, -0.2) is 4.39 Å². The number of rotatable bonds is 1. The molecule has 0 aliphatic heterocycles. The second-order valence-electron chi connectivity index (χ2n) is 4.48. The Labute approximate surface area is 109 Å². The van der Waals surface area contributed by atoms with Crippen molar-refractivity contribution in [3.05, 3.63) is 70.9 Å². The van der Waals surface area contributed by atoms with Gasteiger partial charge in [-0.05, 0) is 17.5 Å². The van der Waals surface area contributed by atoms with Crippen LogP contribution in [0.1, 0.15) is 0 Å². The monoisotopic (exact) mass is 253 g/mol. The smallest absolute Gasteiger partial charge is 0.258 e. The van der Waals surface area contributed by atoms with Gasteiger partial charge < -0.3 is 4.57 Å². The molecule has 0 saturated carbocycles. The first-order valence-electron chi connectivity index (χ1n) is 6.02. The maximum absolute atomic E-state index is 13.9. The number of hydrogen-bond acceptors (Lipinski definition) is 1. The molecule has 0 aliphatic rings. The van der Waals surface area contributed by atoms with Gasteiger partial charge in [-0.2, -0.15) is 0 Å². The molecule has 0 bridgehead atoms. The summed E-state index contributed by atoms with van der Waals surface area (Å²) in [6.07, 6.45) is 1.68. The van der Waals surface area contributed by atoms with Gasteiger partial charge in [-0.15, -0.1) is 0 Å². The van der Waals surface area contributed by atoms with Crippen LogP contribution in [-0.4, -0.2) is 4.57 Å². The minimum absolute atomic E-state index is 0.0734. The topological polar surface area (TPSA) is 22.0 Å². The molecule has 2 nitrogen and oxygen atoms in total. The Hall–Kier alpha value is -2.42. The summed E-state index contributed by atoms with van der Waals surface area (Å²) in [4.78, 5) is 12.1. The molecule has 2 aromatic carbocycles. The van der Waals surface area contributed by atoms with E-state index in [9.17, 15) is 9.18 Å². The van der Waals surface area contributed by atoms with Crippen molar-refractivity contribution in [2.75, 3.05) is 0 Å². The Morgan fingerprint density at radius 1 is 0.895 bits per heavy atom. The molecule has 0 radical (unpaired) electrons. The van der Waals surface area contributed by atoms with Gasteiger partial charge in [0.25, 0.3) is 5.56 Å². The van der Waals surface area contributed by atoms with Crippen molar-refractivity contribution in [3.63, 3.8) is 0 Å². The maximum Gasteiger partial charge on any atom is 0.258 e. The fraction of sp³-hybridized carbons (Fsp3) is 0.0625. The van der Waals surface area contributed by atoms with Gasteiger partial charge in [0.05, 0.1) is 0 Å². The van der Waals surface area contributed by atoms with E-state index in [0.29, 0.717) is 10.9 Å². The second kappa shape index (κ2) is 4.35. The summed E-state index contributed by atoms with van der Waals surface area (Å²) in [7, 11) is 1.68. The van der Waals surface area contributed by atoms with E-state index in [1.54, 1.807) is 37.5 Å². The van der Waals surface area contributed by atoms with Crippen molar-refractivity contribution in [2.24, 2.45) is 7.05 Å². The quantitative estimate of drug-likeness (QED) is 0.652. The van der Waals surface area contributed by atoms with Gasteiger partial charge in [-0.3, -0.25) is 4.79 Å². The van der Waals surface area contributed by atoms with Crippen LogP contribution in [0.5, 0.6) is 0 Å². The highest BCUT2D eigenvalue weighted by Crippen LogP contribution is 2.28. The van der Waals surface area contributed by atoms with Crippen molar-refractivity contribution in [2.45, 2.75) is 0 Å².